The smallest absolute Gasteiger partial charge is 0.185 e. The molecule has 0 saturated carbocycles. The fraction of sp³-hybridized carbons (Fsp3) is 0.200. The Kier molecular flexibility index (Phi) is 1.58. The van der Waals surface area contributed by atoms with E-state index in [-0.39, 0.29) is 5.82 Å². The highest BCUT2D eigenvalue weighted by atomic mass is 19.1. The van der Waals surface area contributed by atoms with Gasteiger partial charge in [-0.3, -0.25) is 4.79 Å². The highest BCUT2D eigenvalue weighted by Gasteiger charge is 1.95. The molecule has 48 valence electrons. The van der Waals surface area contributed by atoms with Crippen LogP contribution in [0.15, 0.2) is 6.20 Å². The third-order valence-electron chi connectivity index (χ3n) is 0.904. The van der Waals surface area contributed by atoms with Gasteiger partial charge in [-0.25, -0.2) is 9.37 Å². The second-order valence-corrected chi connectivity index (χ2v) is 1.55. The van der Waals surface area contributed by atoms with Crippen LogP contribution in [0.2, 0.25) is 0 Å². The summed E-state index contributed by atoms with van der Waals surface area (Å²) in [5.74, 6) is 0.169. The van der Waals surface area contributed by atoms with Crippen LogP contribution in [0, 0.1) is 0 Å². The summed E-state index contributed by atoms with van der Waals surface area (Å²) in [6, 6.07) is 0. The Morgan fingerprint density at radius 1 is 1.89 bits per heavy atom. The molecular weight excluding hydrogens is 123 g/mol. The van der Waals surface area contributed by atoms with Gasteiger partial charge in [0.1, 0.15) is 6.67 Å². The molecule has 0 radical (unpaired) electrons. The Morgan fingerprint density at radius 3 is 3.00 bits per heavy atom. The predicted octanol–water partition coefficient (Wildman–Crippen LogP) is 0.692. The molecule has 4 heteroatoms. The molecule has 0 spiro atoms. The van der Waals surface area contributed by atoms with Gasteiger partial charge in [0, 0.05) is 0 Å². The Balaban J connectivity index is 2.86. The molecule has 9 heavy (non-hydrogen) atoms. The van der Waals surface area contributed by atoms with Gasteiger partial charge in [0.15, 0.2) is 12.1 Å². The molecule has 0 aliphatic carbocycles. The Hall–Kier alpha value is -1.19. The lowest BCUT2D eigenvalue weighted by molar-refractivity contribution is 0.111. The van der Waals surface area contributed by atoms with Gasteiger partial charge < -0.3 is 4.98 Å². The Labute approximate surface area is 50.9 Å². The number of aromatic amines is 1. The molecule has 0 bridgehead atoms. The number of carbonyl (C=O) groups excluding carboxylic acids is 1. The van der Waals surface area contributed by atoms with Gasteiger partial charge in [-0.1, -0.05) is 0 Å². The lowest BCUT2D eigenvalue weighted by Crippen LogP contribution is -1.81. The molecule has 0 saturated heterocycles. The minimum absolute atomic E-state index is 0.169. The highest BCUT2D eigenvalue weighted by Crippen LogP contribution is 1.95. The number of imidazole rings is 1. The largest absolute Gasteiger partial charge is 0.337 e. The number of rotatable bonds is 2. The van der Waals surface area contributed by atoms with Crippen molar-refractivity contribution in [3.63, 3.8) is 0 Å². The van der Waals surface area contributed by atoms with Crippen LogP contribution in [0.1, 0.15) is 16.3 Å². The van der Waals surface area contributed by atoms with Crippen molar-refractivity contribution >= 4 is 6.29 Å². The lowest BCUT2D eigenvalue weighted by Gasteiger charge is -1.79. The summed E-state index contributed by atoms with van der Waals surface area (Å²) in [6.45, 7) is -0.610. The molecule has 0 fully saturated rings. The Bertz CT molecular complexity index is 208. The van der Waals surface area contributed by atoms with Crippen molar-refractivity contribution in [3.8, 4) is 0 Å². The quantitative estimate of drug-likeness (QED) is 0.595. The summed E-state index contributed by atoms with van der Waals surface area (Å²) in [6.07, 6.45) is 1.84. The fourth-order valence-electron chi connectivity index (χ4n) is 0.504. The summed E-state index contributed by atoms with van der Waals surface area (Å²) >= 11 is 0. The van der Waals surface area contributed by atoms with E-state index in [9.17, 15) is 9.18 Å². The van der Waals surface area contributed by atoms with Crippen LogP contribution < -0.4 is 0 Å². The van der Waals surface area contributed by atoms with E-state index in [1.807, 2.05) is 0 Å². The number of hydrogen-bond donors (Lipinski definition) is 1. The SMILES string of the molecule is O=Cc1ncc(CF)[nH]1. The zero-order valence-electron chi connectivity index (χ0n) is 4.60. The number of hydrogen-bond acceptors (Lipinski definition) is 2. The Morgan fingerprint density at radius 2 is 2.67 bits per heavy atom. The number of halogens is 1. The number of H-pyrrole nitrogens is 1. The normalized spacial score (nSPS) is 9.44. The van der Waals surface area contributed by atoms with Gasteiger partial charge in [-0.15, -0.1) is 0 Å². The first-order valence-electron chi connectivity index (χ1n) is 2.42. The van der Waals surface area contributed by atoms with Crippen LogP contribution >= 0.6 is 0 Å². The van der Waals surface area contributed by atoms with Crippen molar-refractivity contribution in [2.75, 3.05) is 0 Å². The van der Waals surface area contributed by atoms with E-state index >= 15 is 0 Å². The maximum Gasteiger partial charge on any atom is 0.185 e. The number of aromatic nitrogens is 2. The molecule has 1 aromatic heterocycles. The lowest BCUT2D eigenvalue weighted by atomic mass is 10.5. The van der Waals surface area contributed by atoms with Crippen LogP contribution in [0.3, 0.4) is 0 Å². The molecule has 1 heterocycles. The van der Waals surface area contributed by atoms with Crippen molar-refractivity contribution < 1.29 is 9.18 Å². The van der Waals surface area contributed by atoms with E-state index in [0.29, 0.717) is 12.0 Å². The molecular formula is C5H5FN2O. The van der Waals surface area contributed by atoms with E-state index in [0.717, 1.165) is 0 Å². The topological polar surface area (TPSA) is 45.8 Å². The molecule has 1 rings (SSSR count). The predicted molar refractivity (Wildman–Crippen MR) is 28.8 cm³/mol. The van der Waals surface area contributed by atoms with Crippen molar-refractivity contribution in [2.45, 2.75) is 6.67 Å². The first-order chi connectivity index (χ1) is 4.36. The maximum absolute atomic E-state index is 11.7. The van der Waals surface area contributed by atoms with E-state index < -0.39 is 6.67 Å². The summed E-state index contributed by atoms with van der Waals surface area (Å²) in [7, 11) is 0. The first kappa shape index (κ1) is 5.94. The summed E-state index contributed by atoms with van der Waals surface area (Å²) in [4.78, 5) is 15.9. The highest BCUT2D eigenvalue weighted by molar-refractivity contribution is 5.68. The third kappa shape index (κ3) is 1.13. The van der Waals surface area contributed by atoms with E-state index in [4.69, 9.17) is 0 Å². The number of nitrogens with one attached hydrogen (secondary N) is 1. The van der Waals surface area contributed by atoms with Crippen molar-refractivity contribution in [1.82, 2.24) is 9.97 Å². The van der Waals surface area contributed by atoms with Gasteiger partial charge in [0.2, 0.25) is 0 Å². The standard InChI is InChI=1S/C5H5FN2O/c6-1-4-2-7-5(3-9)8-4/h2-3H,1H2,(H,7,8). The van der Waals surface area contributed by atoms with Crippen LogP contribution in [0.25, 0.3) is 0 Å². The third-order valence-corrected chi connectivity index (χ3v) is 0.904. The molecule has 1 N–H and O–H groups in total. The summed E-state index contributed by atoms with van der Waals surface area (Å²) < 4.78 is 11.7. The number of aldehydes is 1. The fourth-order valence-corrected chi connectivity index (χ4v) is 0.504. The maximum atomic E-state index is 11.7. The van der Waals surface area contributed by atoms with Crippen molar-refractivity contribution in [1.29, 1.82) is 0 Å². The second-order valence-electron chi connectivity index (χ2n) is 1.55. The minimum atomic E-state index is -0.610. The molecule has 0 aliphatic rings. The number of alkyl halides is 1. The van der Waals surface area contributed by atoms with Gasteiger partial charge in [-0.05, 0) is 0 Å². The van der Waals surface area contributed by atoms with Gasteiger partial charge in [0.05, 0.1) is 11.9 Å². The van der Waals surface area contributed by atoms with Crippen LogP contribution in [0.5, 0.6) is 0 Å². The molecule has 0 unspecified atom stereocenters. The molecule has 0 amide bonds. The van der Waals surface area contributed by atoms with Crippen molar-refractivity contribution in [3.05, 3.63) is 17.7 Å². The van der Waals surface area contributed by atoms with Gasteiger partial charge in [0.25, 0.3) is 0 Å². The van der Waals surface area contributed by atoms with Crippen LogP contribution in [-0.2, 0) is 6.67 Å². The van der Waals surface area contributed by atoms with E-state index in [1.165, 1.54) is 6.20 Å². The number of carbonyl (C=O) groups is 1. The monoisotopic (exact) mass is 128 g/mol. The van der Waals surface area contributed by atoms with Gasteiger partial charge in [-0.2, -0.15) is 0 Å². The first-order valence-corrected chi connectivity index (χ1v) is 2.42. The van der Waals surface area contributed by atoms with E-state index in [2.05, 4.69) is 9.97 Å². The minimum Gasteiger partial charge on any atom is -0.337 e. The zero-order chi connectivity index (χ0) is 6.69. The van der Waals surface area contributed by atoms with Crippen LogP contribution in [-0.4, -0.2) is 16.3 Å². The summed E-state index contributed by atoms with van der Waals surface area (Å²) in [5.41, 5.74) is 0.331. The van der Waals surface area contributed by atoms with Crippen molar-refractivity contribution in [2.24, 2.45) is 0 Å². The zero-order valence-corrected chi connectivity index (χ0v) is 4.60. The average molecular weight is 128 g/mol. The molecule has 3 nitrogen and oxygen atoms in total. The summed E-state index contributed by atoms with van der Waals surface area (Å²) in [5, 5.41) is 0. The van der Waals surface area contributed by atoms with Crippen LogP contribution in [0.4, 0.5) is 4.39 Å². The molecule has 1 aromatic rings. The van der Waals surface area contributed by atoms with E-state index in [1.54, 1.807) is 0 Å². The molecule has 0 atom stereocenters. The molecule has 0 aromatic carbocycles. The second kappa shape index (κ2) is 2.39. The number of nitrogens with zero attached hydrogens (tertiary/aromatic N) is 1. The molecule has 0 aliphatic heterocycles. The average Bonchev–Trinajstić information content (AvgIpc) is 2.34. The van der Waals surface area contributed by atoms with Gasteiger partial charge >= 0.3 is 0 Å².